The highest BCUT2D eigenvalue weighted by Gasteiger charge is 1.99. The molecule has 0 radical (unpaired) electrons. The van der Waals surface area contributed by atoms with Crippen molar-refractivity contribution in [1.29, 1.82) is 0 Å². The lowest BCUT2D eigenvalue weighted by atomic mass is 10.4. The van der Waals surface area contributed by atoms with Gasteiger partial charge in [0.25, 0.3) is 0 Å². The SMILES string of the molecule is CCNc1nc(C)cc(NCCN)n1. The van der Waals surface area contributed by atoms with E-state index in [-0.39, 0.29) is 0 Å². The molecular weight excluding hydrogens is 178 g/mol. The summed E-state index contributed by atoms with van der Waals surface area (Å²) in [4.78, 5) is 8.51. The fourth-order valence-corrected chi connectivity index (χ4v) is 1.10. The molecule has 1 heterocycles. The minimum absolute atomic E-state index is 0.597. The van der Waals surface area contributed by atoms with Gasteiger partial charge in [0.1, 0.15) is 5.82 Å². The van der Waals surface area contributed by atoms with Crippen LogP contribution in [0.5, 0.6) is 0 Å². The van der Waals surface area contributed by atoms with E-state index in [1.165, 1.54) is 0 Å². The fourth-order valence-electron chi connectivity index (χ4n) is 1.10. The van der Waals surface area contributed by atoms with Gasteiger partial charge in [-0.1, -0.05) is 0 Å². The molecule has 4 N–H and O–H groups in total. The van der Waals surface area contributed by atoms with E-state index in [0.717, 1.165) is 24.6 Å². The van der Waals surface area contributed by atoms with E-state index in [1.54, 1.807) is 0 Å². The van der Waals surface area contributed by atoms with Gasteiger partial charge in [-0.05, 0) is 13.8 Å². The molecule has 0 aliphatic carbocycles. The Morgan fingerprint density at radius 1 is 1.36 bits per heavy atom. The maximum absolute atomic E-state index is 5.39. The number of hydrogen-bond acceptors (Lipinski definition) is 5. The highest BCUT2D eigenvalue weighted by molar-refractivity contribution is 5.41. The van der Waals surface area contributed by atoms with Crippen LogP contribution in [-0.2, 0) is 0 Å². The molecule has 1 aromatic rings. The zero-order valence-electron chi connectivity index (χ0n) is 8.67. The van der Waals surface area contributed by atoms with Crippen LogP contribution < -0.4 is 16.4 Å². The van der Waals surface area contributed by atoms with Crippen molar-refractivity contribution in [1.82, 2.24) is 9.97 Å². The molecule has 0 aliphatic rings. The summed E-state index contributed by atoms with van der Waals surface area (Å²) in [5.41, 5.74) is 6.33. The highest BCUT2D eigenvalue weighted by Crippen LogP contribution is 2.08. The molecule has 0 amide bonds. The zero-order valence-corrected chi connectivity index (χ0v) is 8.67. The van der Waals surface area contributed by atoms with Crippen molar-refractivity contribution in [2.24, 2.45) is 5.73 Å². The van der Waals surface area contributed by atoms with Gasteiger partial charge in [0, 0.05) is 31.4 Å². The number of nitrogens with two attached hydrogens (primary N) is 1. The third kappa shape index (κ3) is 3.18. The molecule has 78 valence electrons. The first-order valence-corrected chi connectivity index (χ1v) is 4.79. The predicted octanol–water partition coefficient (Wildman–Crippen LogP) is 0.587. The van der Waals surface area contributed by atoms with Crippen LogP contribution in [0.25, 0.3) is 0 Å². The van der Waals surface area contributed by atoms with E-state index in [2.05, 4.69) is 20.6 Å². The molecule has 0 unspecified atom stereocenters. The standard InChI is InChI=1S/C9H17N5/c1-3-11-9-13-7(2)6-8(14-9)12-5-4-10/h6H,3-5,10H2,1-2H3,(H2,11,12,13,14). The van der Waals surface area contributed by atoms with Gasteiger partial charge in [0.2, 0.25) is 5.95 Å². The van der Waals surface area contributed by atoms with Gasteiger partial charge in [0.05, 0.1) is 0 Å². The second kappa shape index (κ2) is 5.39. The van der Waals surface area contributed by atoms with Gasteiger partial charge >= 0.3 is 0 Å². The highest BCUT2D eigenvalue weighted by atomic mass is 15.1. The van der Waals surface area contributed by atoms with Crippen LogP contribution in [0, 0.1) is 6.92 Å². The molecule has 0 saturated heterocycles. The number of nitrogens with zero attached hydrogens (tertiary/aromatic N) is 2. The maximum Gasteiger partial charge on any atom is 0.224 e. The van der Waals surface area contributed by atoms with E-state index in [9.17, 15) is 0 Å². The Balaban J connectivity index is 2.73. The Kier molecular flexibility index (Phi) is 4.12. The average Bonchev–Trinajstić information content (AvgIpc) is 2.14. The lowest BCUT2D eigenvalue weighted by molar-refractivity contribution is 0.991. The van der Waals surface area contributed by atoms with Crippen molar-refractivity contribution in [3.8, 4) is 0 Å². The van der Waals surface area contributed by atoms with Crippen molar-refractivity contribution in [2.45, 2.75) is 13.8 Å². The molecule has 1 rings (SSSR count). The third-order valence-electron chi connectivity index (χ3n) is 1.64. The normalized spacial score (nSPS) is 9.93. The first kappa shape index (κ1) is 10.7. The summed E-state index contributed by atoms with van der Waals surface area (Å²) in [6.45, 7) is 6.09. The van der Waals surface area contributed by atoms with Crippen LogP contribution in [0.15, 0.2) is 6.07 Å². The Labute approximate surface area is 84.1 Å². The lowest BCUT2D eigenvalue weighted by Gasteiger charge is -2.07. The van der Waals surface area contributed by atoms with E-state index in [0.29, 0.717) is 12.5 Å². The van der Waals surface area contributed by atoms with Crippen LogP contribution in [0.3, 0.4) is 0 Å². The smallest absolute Gasteiger partial charge is 0.224 e. The number of aryl methyl sites for hydroxylation is 1. The van der Waals surface area contributed by atoms with E-state index >= 15 is 0 Å². The van der Waals surface area contributed by atoms with Crippen molar-refractivity contribution in [3.63, 3.8) is 0 Å². The molecule has 0 aliphatic heterocycles. The topological polar surface area (TPSA) is 75.9 Å². The summed E-state index contributed by atoms with van der Waals surface area (Å²) >= 11 is 0. The fraction of sp³-hybridized carbons (Fsp3) is 0.556. The molecule has 14 heavy (non-hydrogen) atoms. The summed E-state index contributed by atoms with van der Waals surface area (Å²) in [7, 11) is 0. The number of hydrogen-bond donors (Lipinski definition) is 3. The van der Waals surface area contributed by atoms with Gasteiger partial charge in [-0.3, -0.25) is 0 Å². The van der Waals surface area contributed by atoms with Gasteiger partial charge in [-0.2, -0.15) is 4.98 Å². The molecule has 5 heteroatoms. The van der Waals surface area contributed by atoms with E-state index < -0.39 is 0 Å². The van der Waals surface area contributed by atoms with Gasteiger partial charge in [0.15, 0.2) is 0 Å². The Bertz CT molecular complexity index is 287. The molecule has 1 aromatic heterocycles. The summed E-state index contributed by atoms with van der Waals surface area (Å²) < 4.78 is 0. The molecule has 0 atom stereocenters. The van der Waals surface area contributed by atoms with Crippen LogP contribution in [0.4, 0.5) is 11.8 Å². The van der Waals surface area contributed by atoms with Crippen LogP contribution in [-0.4, -0.2) is 29.6 Å². The van der Waals surface area contributed by atoms with Crippen LogP contribution in [0.2, 0.25) is 0 Å². The summed E-state index contributed by atoms with van der Waals surface area (Å²) in [5.74, 6) is 1.48. The Morgan fingerprint density at radius 2 is 2.14 bits per heavy atom. The van der Waals surface area contributed by atoms with Crippen molar-refractivity contribution < 1.29 is 0 Å². The molecule has 0 aromatic carbocycles. The molecule has 0 spiro atoms. The maximum atomic E-state index is 5.39. The summed E-state index contributed by atoms with van der Waals surface area (Å²) in [6, 6.07) is 1.90. The second-order valence-electron chi connectivity index (χ2n) is 2.96. The largest absolute Gasteiger partial charge is 0.369 e. The van der Waals surface area contributed by atoms with Crippen LogP contribution >= 0.6 is 0 Å². The number of nitrogens with one attached hydrogen (secondary N) is 2. The summed E-state index contributed by atoms with van der Waals surface area (Å²) in [6.07, 6.45) is 0. The number of anilines is 2. The average molecular weight is 195 g/mol. The third-order valence-corrected chi connectivity index (χ3v) is 1.64. The second-order valence-corrected chi connectivity index (χ2v) is 2.96. The van der Waals surface area contributed by atoms with Crippen LogP contribution in [0.1, 0.15) is 12.6 Å². The molecule has 0 saturated carbocycles. The first-order chi connectivity index (χ1) is 6.76. The molecule has 0 bridgehead atoms. The molecular formula is C9H17N5. The quantitative estimate of drug-likeness (QED) is 0.641. The lowest BCUT2D eigenvalue weighted by Crippen LogP contribution is -2.15. The minimum Gasteiger partial charge on any atom is -0.369 e. The van der Waals surface area contributed by atoms with Crippen molar-refractivity contribution in [3.05, 3.63) is 11.8 Å². The number of aromatic nitrogens is 2. The zero-order chi connectivity index (χ0) is 10.4. The predicted molar refractivity (Wildman–Crippen MR) is 58.5 cm³/mol. The van der Waals surface area contributed by atoms with Crippen molar-refractivity contribution in [2.75, 3.05) is 30.3 Å². The van der Waals surface area contributed by atoms with Gasteiger partial charge in [-0.15, -0.1) is 0 Å². The Morgan fingerprint density at radius 3 is 2.79 bits per heavy atom. The van der Waals surface area contributed by atoms with E-state index in [4.69, 9.17) is 5.73 Å². The summed E-state index contributed by atoms with van der Waals surface area (Å²) in [5, 5.41) is 6.19. The monoisotopic (exact) mass is 195 g/mol. The van der Waals surface area contributed by atoms with Gasteiger partial charge in [-0.25, -0.2) is 4.98 Å². The Hall–Kier alpha value is -1.36. The van der Waals surface area contributed by atoms with Gasteiger partial charge < -0.3 is 16.4 Å². The van der Waals surface area contributed by atoms with Crippen molar-refractivity contribution >= 4 is 11.8 Å². The number of rotatable bonds is 5. The van der Waals surface area contributed by atoms with E-state index in [1.807, 2.05) is 19.9 Å². The molecule has 0 fully saturated rings. The molecule has 5 nitrogen and oxygen atoms in total. The first-order valence-electron chi connectivity index (χ1n) is 4.79. The minimum atomic E-state index is 0.597.